The van der Waals surface area contributed by atoms with Gasteiger partial charge in [0, 0.05) is 34.7 Å². The van der Waals surface area contributed by atoms with Crippen LogP contribution in [0.1, 0.15) is 29.7 Å². The maximum absolute atomic E-state index is 10.3. The zero-order chi connectivity index (χ0) is 17.1. The lowest BCUT2D eigenvalue weighted by Crippen LogP contribution is -2.32. The highest BCUT2D eigenvalue weighted by Crippen LogP contribution is 2.22. The summed E-state index contributed by atoms with van der Waals surface area (Å²) in [6, 6.07) is 14.0. The van der Waals surface area contributed by atoms with Gasteiger partial charge in [0.15, 0.2) is 0 Å². The third-order valence-electron chi connectivity index (χ3n) is 4.43. The van der Waals surface area contributed by atoms with Gasteiger partial charge in [0.2, 0.25) is 0 Å². The van der Waals surface area contributed by atoms with Gasteiger partial charge in [-0.3, -0.25) is 0 Å². The lowest BCUT2D eigenvalue weighted by molar-refractivity contribution is 0.170. The minimum Gasteiger partial charge on any atom is -0.387 e. The minimum absolute atomic E-state index is 0.262. The second-order valence-corrected chi connectivity index (χ2v) is 6.83. The van der Waals surface area contributed by atoms with Gasteiger partial charge in [0.25, 0.3) is 0 Å². The quantitative estimate of drug-likeness (QED) is 0.622. The van der Waals surface area contributed by atoms with Gasteiger partial charge >= 0.3 is 0 Å². The summed E-state index contributed by atoms with van der Waals surface area (Å²) in [4.78, 5) is 3.37. The Morgan fingerprint density at radius 1 is 1.21 bits per heavy atom. The smallest absolute Gasteiger partial charge is 0.0914 e. The zero-order valence-corrected chi connectivity index (χ0v) is 14.8. The molecule has 0 bridgehead atoms. The zero-order valence-electron chi connectivity index (χ0n) is 14.0. The van der Waals surface area contributed by atoms with E-state index in [1.165, 1.54) is 22.0 Å². The first-order chi connectivity index (χ1) is 11.5. The molecule has 1 heterocycles. The van der Waals surface area contributed by atoms with Crippen molar-refractivity contribution in [2.24, 2.45) is 0 Å². The number of para-hydroxylation sites is 1. The predicted octanol–water partition coefficient (Wildman–Crippen LogP) is 4.38. The van der Waals surface area contributed by atoms with Crippen LogP contribution in [0, 0.1) is 6.92 Å². The number of nitrogens with one attached hydrogen (secondary N) is 2. The molecule has 0 radical (unpaired) electrons. The van der Waals surface area contributed by atoms with E-state index in [2.05, 4.69) is 48.5 Å². The maximum Gasteiger partial charge on any atom is 0.0914 e. The first kappa shape index (κ1) is 17.0. The number of fused-ring (bicyclic) bond motifs is 1. The third kappa shape index (κ3) is 3.81. The third-order valence-corrected chi connectivity index (χ3v) is 4.66. The van der Waals surface area contributed by atoms with E-state index in [0.29, 0.717) is 11.6 Å². The molecule has 3 rings (SSSR count). The van der Waals surface area contributed by atoms with Crippen LogP contribution in [0.3, 0.4) is 0 Å². The number of aliphatic hydroxyl groups is 1. The Labute approximate surface area is 147 Å². The summed E-state index contributed by atoms with van der Waals surface area (Å²) < 4.78 is 0. The van der Waals surface area contributed by atoms with E-state index in [4.69, 9.17) is 11.6 Å². The average molecular weight is 343 g/mol. The molecule has 126 valence electrons. The molecule has 0 fully saturated rings. The molecule has 0 aliphatic carbocycles. The summed E-state index contributed by atoms with van der Waals surface area (Å²) >= 11 is 5.98. The Morgan fingerprint density at radius 2 is 2.00 bits per heavy atom. The van der Waals surface area contributed by atoms with E-state index in [1.54, 1.807) is 6.07 Å². The van der Waals surface area contributed by atoms with Crippen molar-refractivity contribution < 1.29 is 5.11 Å². The SMILES string of the molecule is Cc1cccc2c(CC(C)NCC(O)c3cccc(Cl)c3)c[nH]c12. The number of hydrogen-bond acceptors (Lipinski definition) is 2. The van der Waals surface area contributed by atoms with Crippen LogP contribution in [-0.4, -0.2) is 22.7 Å². The number of hydrogen-bond donors (Lipinski definition) is 3. The standard InChI is InChI=1S/C20H23ClN2O/c1-13-5-3-8-18-16(11-23-20(13)18)9-14(2)22-12-19(24)15-6-4-7-17(21)10-15/h3-8,10-11,14,19,22-24H,9,12H2,1-2H3. The van der Waals surface area contributed by atoms with Crippen LogP contribution in [0.5, 0.6) is 0 Å². The molecule has 2 atom stereocenters. The lowest BCUT2D eigenvalue weighted by atomic mass is 10.0. The number of benzene rings is 2. The lowest BCUT2D eigenvalue weighted by Gasteiger charge is -2.17. The summed E-state index contributed by atoms with van der Waals surface area (Å²) in [6.07, 6.45) is 2.44. The highest BCUT2D eigenvalue weighted by atomic mass is 35.5. The number of aromatic nitrogens is 1. The predicted molar refractivity (Wildman–Crippen MR) is 101 cm³/mol. The van der Waals surface area contributed by atoms with Crippen molar-refractivity contribution in [3.8, 4) is 0 Å². The monoisotopic (exact) mass is 342 g/mol. The topological polar surface area (TPSA) is 48.0 Å². The van der Waals surface area contributed by atoms with E-state index in [0.717, 1.165) is 12.0 Å². The van der Waals surface area contributed by atoms with E-state index < -0.39 is 6.10 Å². The summed E-state index contributed by atoms with van der Waals surface area (Å²) in [5.41, 5.74) is 4.60. The normalized spacial score (nSPS) is 14.0. The largest absolute Gasteiger partial charge is 0.387 e. The molecule has 3 N–H and O–H groups in total. The molecular formula is C20H23ClN2O. The Bertz CT molecular complexity index is 827. The van der Waals surface area contributed by atoms with Gasteiger partial charge in [0.1, 0.15) is 0 Å². The fourth-order valence-electron chi connectivity index (χ4n) is 3.08. The maximum atomic E-state index is 10.3. The van der Waals surface area contributed by atoms with Gasteiger partial charge in [-0.15, -0.1) is 0 Å². The molecule has 4 heteroatoms. The Hall–Kier alpha value is -1.81. The van der Waals surface area contributed by atoms with Crippen LogP contribution in [-0.2, 0) is 6.42 Å². The second-order valence-electron chi connectivity index (χ2n) is 6.40. The number of rotatable bonds is 6. The molecule has 0 saturated heterocycles. The van der Waals surface area contributed by atoms with Crippen molar-refractivity contribution in [3.63, 3.8) is 0 Å². The summed E-state index contributed by atoms with van der Waals surface area (Å²) in [5, 5.41) is 15.6. The van der Waals surface area contributed by atoms with Crippen molar-refractivity contribution in [3.05, 3.63) is 70.4 Å². The fourth-order valence-corrected chi connectivity index (χ4v) is 3.28. The van der Waals surface area contributed by atoms with E-state index in [9.17, 15) is 5.11 Å². The van der Waals surface area contributed by atoms with Crippen molar-refractivity contribution >= 4 is 22.5 Å². The Kier molecular flexibility index (Phi) is 5.24. The van der Waals surface area contributed by atoms with Crippen molar-refractivity contribution in [1.82, 2.24) is 10.3 Å². The first-order valence-electron chi connectivity index (χ1n) is 8.27. The molecule has 2 unspecified atom stereocenters. The number of halogens is 1. The fraction of sp³-hybridized carbons (Fsp3) is 0.300. The van der Waals surface area contributed by atoms with Gasteiger partial charge in [-0.1, -0.05) is 41.9 Å². The molecule has 24 heavy (non-hydrogen) atoms. The average Bonchev–Trinajstić information content (AvgIpc) is 2.97. The van der Waals surface area contributed by atoms with Gasteiger partial charge in [0.05, 0.1) is 6.10 Å². The number of aromatic amines is 1. The van der Waals surface area contributed by atoms with E-state index >= 15 is 0 Å². The molecule has 0 aliphatic rings. The molecule has 0 aliphatic heterocycles. The van der Waals surface area contributed by atoms with Crippen LogP contribution in [0.4, 0.5) is 0 Å². The summed E-state index contributed by atoms with van der Waals surface area (Å²) in [6.45, 7) is 4.76. The first-order valence-corrected chi connectivity index (χ1v) is 8.65. The van der Waals surface area contributed by atoms with Crippen LogP contribution < -0.4 is 5.32 Å². The van der Waals surface area contributed by atoms with E-state index in [1.807, 2.05) is 18.2 Å². The molecule has 0 amide bonds. The van der Waals surface area contributed by atoms with Crippen molar-refractivity contribution in [1.29, 1.82) is 0 Å². The van der Waals surface area contributed by atoms with Crippen molar-refractivity contribution in [2.45, 2.75) is 32.4 Å². The molecule has 0 saturated carbocycles. The van der Waals surface area contributed by atoms with Crippen LogP contribution in [0.2, 0.25) is 5.02 Å². The molecule has 0 spiro atoms. The van der Waals surface area contributed by atoms with Crippen LogP contribution in [0.25, 0.3) is 10.9 Å². The Morgan fingerprint density at radius 3 is 2.79 bits per heavy atom. The number of aliphatic hydroxyl groups excluding tert-OH is 1. The minimum atomic E-state index is -0.559. The molecule has 3 aromatic rings. The van der Waals surface area contributed by atoms with E-state index in [-0.39, 0.29) is 6.04 Å². The van der Waals surface area contributed by atoms with Gasteiger partial charge in [-0.05, 0) is 49.1 Å². The molecule has 3 nitrogen and oxygen atoms in total. The van der Waals surface area contributed by atoms with Crippen molar-refractivity contribution in [2.75, 3.05) is 6.54 Å². The number of H-pyrrole nitrogens is 1. The van der Waals surface area contributed by atoms with Gasteiger partial charge in [-0.25, -0.2) is 0 Å². The highest BCUT2D eigenvalue weighted by Gasteiger charge is 2.12. The van der Waals surface area contributed by atoms with Gasteiger partial charge in [-0.2, -0.15) is 0 Å². The van der Waals surface area contributed by atoms with Gasteiger partial charge < -0.3 is 15.4 Å². The summed E-state index contributed by atoms with van der Waals surface area (Å²) in [5.74, 6) is 0. The Balaban J connectivity index is 1.61. The summed E-state index contributed by atoms with van der Waals surface area (Å²) in [7, 11) is 0. The van der Waals surface area contributed by atoms with Crippen LogP contribution >= 0.6 is 11.6 Å². The second kappa shape index (κ2) is 7.39. The highest BCUT2D eigenvalue weighted by molar-refractivity contribution is 6.30. The number of aryl methyl sites for hydroxylation is 1. The molecular weight excluding hydrogens is 320 g/mol. The van der Waals surface area contributed by atoms with Crippen LogP contribution in [0.15, 0.2) is 48.7 Å². The molecule has 1 aromatic heterocycles. The molecule has 2 aromatic carbocycles.